The third-order valence-corrected chi connectivity index (χ3v) is 1.38. The van der Waals surface area contributed by atoms with E-state index in [0.29, 0.717) is 6.61 Å². The number of carboxylic acid groups (broad SMARTS) is 1. The highest BCUT2D eigenvalue weighted by Crippen LogP contribution is 2.13. The van der Waals surface area contributed by atoms with Gasteiger partial charge in [0, 0.05) is 6.07 Å². The Hall–Kier alpha value is -1.85. The van der Waals surface area contributed by atoms with Crippen LogP contribution in [0.1, 0.15) is 17.4 Å². The molecule has 6 nitrogen and oxygen atoms in total. The van der Waals surface area contributed by atoms with Gasteiger partial charge in [-0.3, -0.25) is 0 Å². The normalized spacial score (nSPS) is 9.57. The molecule has 0 spiro atoms. The van der Waals surface area contributed by atoms with E-state index in [9.17, 15) is 4.79 Å². The lowest BCUT2D eigenvalue weighted by Gasteiger charge is -2.04. The van der Waals surface area contributed by atoms with E-state index in [4.69, 9.17) is 14.6 Å². The fourth-order valence-corrected chi connectivity index (χ4v) is 0.826. The van der Waals surface area contributed by atoms with Crippen LogP contribution in [0.25, 0.3) is 0 Å². The van der Waals surface area contributed by atoms with Gasteiger partial charge in [0.05, 0.1) is 13.7 Å². The summed E-state index contributed by atoms with van der Waals surface area (Å²) in [4.78, 5) is 18.1. The van der Waals surface area contributed by atoms with E-state index in [1.54, 1.807) is 6.92 Å². The van der Waals surface area contributed by atoms with Crippen LogP contribution in [0.15, 0.2) is 6.07 Å². The number of carbonyl (C=O) groups is 1. The summed E-state index contributed by atoms with van der Waals surface area (Å²) < 4.78 is 9.77. The fourth-order valence-electron chi connectivity index (χ4n) is 0.826. The van der Waals surface area contributed by atoms with E-state index in [1.165, 1.54) is 13.2 Å². The first-order valence-corrected chi connectivity index (χ1v) is 3.96. The van der Waals surface area contributed by atoms with Gasteiger partial charge in [-0.1, -0.05) is 0 Å². The number of methoxy groups -OCH3 is 1. The minimum atomic E-state index is -1.15. The molecule has 0 aliphatic heterocycles. The lowest BCUT2D eigenvalue weighted by molar-refractivity contribution is 0.0688. The summed E-state index contributed by atoms with van der Waals surface area (Å²) >= 11 is 0. The van der Waals surface area contributed by atoms with Crippen molar-refractivity contribution in [1.82, 2.24) is 9.97 Å². The van der Waals surface area contributed by atoms with Crippen molar-refractivity contribution in [3.8, 4) is 11.9 Å². The Kier molecular flexibility index (Phi) is 3.22. The predicted molar refractivity (Wildman–Crippen MR) is 46.7 cm³/mol. The Morgan fingerprint density at radius 1 is 1.57 bits per heavy atom. The average molecular weight is 198 g/mol. The molecule has 1 rings (SSSR count). The van der Waals surface area contributed by atoms with Gasteiger partial charge in [-0.05, 0) is 6.92 Å². The second-order valence-corrected chi connectivity index (χ2v) is 2.32. The van der Waals surface area contributed by atoms with Crippen LogP contribution in [0.3, 0.4) is 0 Å². The molecule has 0 saturated carbocycles. The second kappa shape index (κ2) is 4.40. The third kappa shape index (κ3) is 2.32. The van der Waals surface area contributed by atoms with Gasteiger partial charge in [-0.25, -0.2) is 4.79 Å². The van der Waals surface area contributed by atoms with Gasteiger partial charge < -0.3 is 14.6 Å². The Balaban J connectivity index is 3.06. The van der Waals surface area contributed by atoms with Gasteiger partial charge in [0.2, 0.25) is 5.88 Å². The predicted octanol–water partition coefficient (Wildman–Crippen LogP) is 0.582. The first-order chi connectivity index (χ1) is 6.67. The molecule has 14 heavy (non-hydrogen) atoms. The number of hydrogen-bond donors (Lipinski definition) is 1. The highest BCUT2D eigenvalue weighted by Gasteiger charge is 2.10. The summed E-state index contributed by atoms with van der Waals surface area (Å²) in [6, 6.07) is 1.22. The van der Waals surface area contributed by atoms with Crippen LogP contribution in [0.2, 0.25) is 0 Å². The molecule has 1 aromatic heterocycles. The SMILES string of the molecule is CCOc1cc(C(=O)O)nc(OC)n1. The molecule has 1 aromatic rings. The Bertz CT molecular complexity index is 340. The zero-order chi connectivity index (χ0) is 10.6. The number of carboxylic acids is 1. The van der Waals surface area contributed by atoms with Crippen molar-refractivity contribution >= 4 is 5.97 Å². The van der Waals surface area contributed by atoms with E-state index in [1.807, 2.05) is 0 Å². The molecule has 1 heterocycles. The van der Waals surface area contributed by atoms with Crippen molar-refractivity contribution in [1.29, 1.82) is 0 Å². The summed E-state index contributed by atoms with van der Waals surface area (Å²) in [5, 5.41) is 8.70. The minimum absolute atomic E-state index is 0.0200. The Morgan fingerprint density at radius 2 is 2.29 bits per heavy atom. The molecule has 76 valence electrons. The van der Waals surface area contributed by atoms with Gasteiger partial charge in [0.15, 0.2) is 5.69 Å². The van der Waals surface area contributed by atoms with E-state index in [0.717, 1.165) is 0 Å². The van der Waals surface area contributed by atoms with E-state index >= 15 is 0 Å². The van der Waals surface area contributed by atoms with Gasteiger partial charge in [0.1, 0.15) is 0 Å². The van der Waals surface area contributed by atoms with Crippen molar-refractivity contribution in [2.45, 2.75) is 6.92 Å². The lowest BCUT2D eigenvalue weighted by Crippen LogP contribution is -2.05. The van der Waals surface area contributed by atoms with Crippen LogP contribution in [0.4, 0.5) is 0 Å². The molecule has 0 aliphatic carbocycles. The third-order valence-electron chi connectivity index (χ3n) is 1.38. The Morgan fingerprint density at radius 3 is 2.79 bits per heavy atom. The van der Waals surface area contributed by atoms with Gasteiger partial charge >= 0.3 is 12.0 Å². The zero-order valence-electron chi connectivity index (χ0n) is 7.85. The molecular formula is C8H10N2O4. The van der Waals surface area contributed by atoms with Crippen molar-refractivity contribution in [3.63, 3.8) is 0 Å². The van der Waals surface area contributed by atoms with Crippen LogP contribution in [-0.4, -0.2) is 34.8 Å². The van der Waals surface area contributed by atoms with Gasteiger partial charge in [0.25, 0.3) is 0 Å². The van der Waals surface area contributed by atoms with Crippen LogP contribution in [-0.2, 0) is 0 Å². The van der Waals surface area contributed by atoms with Crippen LogP contribution < -0.4 is 9.47 Å². The van der Waals surface area contributed by atoms with Crippen molar-refractivity contribution < 1.29 is 19.4 Å². The molecular weight excluding hydrogens is 188 g/mol. The molecule has 0 radical (unpaired) electrons. The first-order valence-electron chi connectivity index (χ1n) is 3.96. The molecule has 0 bridgehead atoms. The number of hydrogen-bond acceptors (Lipinski definition) is 5. The topological polar surface area (TPSA) is 81.5 Å². The Labute approximate surface area is 80.5 Å². The quantitative estimate of drug-likeness (QED) is 0.762. The summed E-state index contributed by atoms with van der Waals surface area (Å²) in [6.45, 7) is 2.17. The molecule has 0 fully saturated rings. The van der Waals surface area contributed by atoms with E-state index < -0.39 is 5.97 Å². The maximum Gasteiger partial charge on any atom is 0.354 e. The molecule has 0 unspecified atom stereocenters. The van der Waals surface area contributed by atoms with Crippen LogP contribution in [0, 0.1) is 0 Å². The summed E-state index contributed by atoms with van der Waals surface area (Å²) in [6.07, 6.45) is 0. The molecule has 6 heteroatoms. The van der Waals surface area contributed by atoms with Gasteiger partial charge in [-0.2, -0.15) is 9.97 Å². The number of nitrogens with zero attached hydrogens (tertiary/aromatic N) is 2. The molecule has 0 atom stereocenters. The van der Waals surface area contributed by atoms with Crippen molar-refractivity contribution in [2.24, 2.45) is 0 Å². The standard InChI is InChI=1S/C8H10N2O4/c1-3-14-6-4-5(7(11)12)9-8(10-6)13-2/h4H,3H2,1-2H3,(H,11,12). The van der Waals surface area contributed by atoms with E-state index in [2.05, 4.69) is 9.97 Å². The highest BCUT2D eigenvalue weighted by molar-refractivity contribution is 5.85. The molecule has 0 aliphatic rings. The lowest BCUT2D eigenvalue weighted by atomic mass is 10.4. The minimum Gasteiger partial charge on any atom is -0.478 e. The maximum absolute atomic E-state index is 10.6. The summed E-state index contributed by atoms with van der Waals surface area (Å²) in [5.74, 6) is -0.955. The summed E-state index contributed by atoms with van der Waals surface area (Å²) in [7, 11) is 1.36. The van der Waals surface area contributed by atoms with Crippen LogP contribution >= 0.6 is 0 Å². The average Bonchev–Trinajstić information content (AvgIpc) is 2.17. The number of aromatic carboxylic acids is 1. The molecule has 0 amide bonds. The molecule has 0 aromatic carbocycles. The van der Waals surface area contributed by atoms with Crippen molar-refractivity contribution in [2.75, 3.05) is 13.7 Å². The first kappa shape index (κ1) is 10.2. The van der Waals surface area contributed by atoms with Gasteiger partial charge in [-0.15, -0.1) is 0 Å². The highest BCUT2D eigenvalue weighted by atomic mass is 16.5. The van der Waals surface area contributed by atoms with Crippen molar-refractivity contribution in [3.05, 3.63) is 11.8 Å². The maximum atomic E-state index is 10.6. The van der Waals surface area contributed by atoms with Crippen LogP contribution in [0.5, 0.6) is 11.9 Å². The number of rotatable bonds is 4. The summed E-state index contributed by atoms with van der Waals surface area (Å²) in [5.41, 5.74) is -0.152. The molecule has 1 N–H and O–H groups in total. The molecule has 0 saturated heterocycles. The number of ether oxygens (including phenoxy) is 2. The van der Waals surface area contributed by atoms with E-state index in [-0.39, 0.29) is 17.6 Å². The monoisotopic (exact) mass is 198 g/mol. The smallest absolute Gasteiger partial charge is 0.354 e. The second-order valence-electron chi connectivity index (χ2n) is 2.32. The largest absolute Gasteiger partial charge is 0.478 e. The fraction of sp³-hybridized carbons (Fsp3) is 0.375. The zero-order valence-corrected chi connectivity index (χ0v) is 7.85. The number of aromatic nitrogens is 2.